The van der Waals surface area contributed by atoms with Crippen molar-refractivity contribution in [3.63, 3.8) is 0 Å². The zero-order valence-electron chi connectivity index (χ0n) is 16.4. The van der Waals surface area contributed by atoms with Crippen molar-refractivity contribution in [2.45, 2.75) is 18.6 Å². The average Bonchev–Trinajstić information content (AvgIpc) is 3.39. The number of piperidine rings is 1. The SMILES string of the molecule is CN1C(C(=O)N2CCC3(CC2)OCCO3)=CC(c2ccc3c(c2)OCO3)=NS1(=O)=O. The fourth-order valence-electron chi connectivity index (χ4n) is 3.94. The summed E-state index contributed by atoms with van der Waals surface area (Å²) in [5, 5.41) is 0. The highest BCUT2D eigenvalue weighted by molar-refractivity contribution is 7.88. The molecular weight excluding hydrogens is 414 g/mol. The Labute approximate surface area is 173 Å². The van der Waals surface area contributed by atoms with E-state index in [0.717, 1.165) is 4.31 Å². The molecule has 4 heterocycles. The van der Waals surface area contributed by atoms with Crippen molar-refractivity contribution in [1.29, 1.82) is 0 Å². The van der Waals surface area contributed by atoms with Crippen molar-refractivity contribution in [2.75, 3.05) is 40.1 Å². The minimum atomic E-state index is -4.04. The third kappa shape index (κ3) is 3.22. The van der Waals surface area contributed by atoms with E-state index in [-0.39, 0.29) is 24.1 Å². The van der Waals surface area contributed by atoms with E-state index in [2.05, 4.69) is 4.40 Å². The van der Waals surface area contributed by atoms with Gasteiger partial charge in [-0.3, -0.25) is 4.79 Å². The van der Waals surface area contributed by atoms with Gasteiger partial charge in [-0.1, -0.05) is 0 Å². The molecule has 5 rings (SSSR count). The maximum atomic E-state index is 13.2. The van der Waals surface area contributed by atoms with Crippen LogP contribution in [0.25, 0.3) is 0 Å². The van der Waals surface area contributed by atoms with E-state index in [0.29, 0.717) is 56.2 Å². The van der Waals surface area contributed by atoms with Crippen LogP contribution in [0.15, 0.2) is 34.4 Å². The number of amides is 1. The summed E-state index contributed by atoms with van der Waals surface area (Å²) in [6.07, 6.45) is 2.59. The molecule has 11 heteroatoms. The molecule has 0 unspecified atom stereocenters. The Hall–Kier alpha value is -2.63. The molecule has 0 atom stereocenters. The van der Waals surface area contributed by atoms with E-state index in [9.17, 15) is 13.2 Å². The zero-order valence-corrected chi connectivity index (χ0v) is 17.2. The number of hydrogen-bond acceptors (Lipinski definition) is 7. The summed E-state index contributed by atoms with van der Waals surface area (Å²) >= 11 is 0. The molecule has 0 radical (unpaired) electrons. The number of likely N-dealkylation sites (N-methyl/N-ethyl adjacent to an activating group) is 1. The topological polar surface area (TPSA) is 107 Å². The van der Waals surface area contributed by atoms with Gasteiger partial charge >= 0.3 is 10.2 Å². The van der Waals surface area contributed by atoms with Crippen LogP contribution in [0.5, 0.6) is 11.5 Å². The monoisotopic (exact) mass is 435 g/mol. The van der Waals surface area contributed by atoms with E-state index >= 15 is 0 Å². The van der Waals surface area contributed by atoms with Crippen LogP contribution in [0.1, 0.15) is 18.4 Å². The van der Waals surface area contributed by atoms with E-state index in [1.54, 1.807) is 23.1 Å². The Morgan fingerprint density at radius 2 is 1.80 bits per heavy atom. The molecule has 30 heavy (non-hydrogen) atoms. The molecule has 0 saturated carbocycles. The smallest absolute Gasteiger partial charge is 0.345 e. The van der Waals surface area contributed by atoms with Crippen molar-refractivity contribution >= 4 is 21.8 Å². The number of hydrogen-bond donors (Lipinski definition) is 0. The summed E-state index contributed by atoms with van der Waals surface area (Å²) in [4.78, 5) is 14.8. The predicted octanol–water partition coefficient (Wildman–Crippen LogP) is 0.644. The van der Waals surface area contributed by atoms with Gasteiger partial charge in [-0.05, 0) is 24.3 Å². The molecule has 1 amide bonds. The van der Waals surface area contributed by atoms with E-state index in [1.807, 2.05) is 0 Å². The van der Waals surface area contributed by atoms with E-state index < -0.39 is 16.0 Å². The van der Waals surface area contributed by atoms with Crippen LogP contribution in [-0.4, -0.2) is 75.2 Å². The van der Waals surface area contributed by atoms with Gasteiger partial charge in [-0.2, -0.15) is 8.42 Å². The molecule has 2 fully saturated rings. The first-order valence-electron chi connectivity index (χ1n) is 9.65. The van der Waals surface area contributed by atoms with Gasteiger partial charge in [0.15, 0.2) is 17.3 Å². The molecule has 0 aromatic heterocycles. The summed E-state index contributed by atoms with van der Waals surface area (Å²) in [5.74, 6) is 0.0937. The average molecular weight is 435 g/mol. The van der Waals surface area contributed by atoms with Crippen LogP contribution in [-0.2, 0) is 24.5 Å². The van der Waals surface area contributed by atoms with Crippen LogP contribution in [0.2, 0.25) is 0 Å². The predicted molar refractivity (Wildman–Crippen MR) is 104 cm³/mol. The Kier molecular flexibility index (Phi) is 4.49. The lowest BCUT2D eigenvalue weighted by molar-refractivity contribution is -0.186. The van der Waals surface area contributed by atoms with Crippen molar-refractivity contribution < 1.29 is 32.2 Å². The van der Waals surface area contributed by atoms with Crippen LogP contribution in [0.3, 0.4) is 0 Å². The first-order chi connectivity index (χ1) is 14.4. The fraction of sp³-hybridized carbons (Fsp3) is 0.474. The Bertz CT molecular complexity index is 1050. The molecule has 160 valence electrons. The molecule has 10 nitrogen and oxygen atoms in total. The van der Waals surface area contributed by atoms with Gasteiger partial charge in [0.1, 0.15) is 5.70 Å². The third-order valence-electron chi connectivity index (χ3n) is 5.69. The summed E-state index contributed by atoms with van der Waals surface area (Å²) < 4.78 is 52.1. The summed E-state index contributed by atoms with van der Waals surface area (Å²) in [7, 11) is -2.72. The molecule has 1 aromatic rings. The summed E-state index contributed by atoms with van der Waals surface area (Å²) in [5.41, 5.74) is 0.735. The van der Waals surface area contributed by atoms with Crippen molar-refractivity contribution in [1.82, 2.24) is 9.21 Å². The number of ether oxygens (including phenoxy) is 4. The van der Waals surface area contributed by atoms with E-state index in [4.69, 9.17) is 18.9 Å². The van der Waals surface area contributed by atoms with Gasteiger partial charge in [0, 0.05) is 38.5 Å². The summed E-state index contributed by atoms with van der Waals surface area (Å²) in [6, 6.07) is 5.03. The Morgan fingerprint density at radius 3 is 2.53 bits per heavy atom. The van der Waals surface area contributed by atoms with E-state index in [1.165, 1.54) is 13.1 Å². The highest BCUT2D eigenvalue weighted by Crippen LogP contribution is 2.35. The molecule has 0 N–H and O–H groups in total. The second-order valence-electron chi connectivity index (χ2n) is 7.42. The maximum Gasteiger partial charge on any atom is 0.345 e. The maximum absolute atomic E-state index is 13.2. The normalized spacial score (nSPS) is 24.0. The van der Waals surface area contributed by atoms with Crippen molar-refractivity contribution in [3.8, 4) is 11.5 Å². The molecule has 4 aliphatic rings. The molecule has 0 aliphatic carbocycles. The zero-order chi connectivity index (χ0) is 20.9. The lowest BCUT2D eigenvalue weighted by Gasteiger charge is -2.38. The number of allylic oxidation sites excluding steroid dienone is 1. The highest BCUT2D eigenvalue weighted by Gasteiger charge is 2.42. The molecule has 2 saturated heterocycles. The lowest BCUT2D eigenvalue weighted by Crippen LogP contribution is -2.49. The van der Waals surface area contributed by atoms with Crippen LogP contribution < -0.4 is 9.47 Å². The first kappa shape index (κ1) is 19.3. The number of rotatable bonds is 2. The van der Waals surface area contributed by atoms with Crippen molar-refractivity contribution in [3.05, 3.63) is 35.5 Å². The molecule has 4 aliphatic heterocycles. The van der Waals surface area contributed by atoms with Crippen LogP contribution in [0, 0.1) is 0 Å². The van der Waals surface area contributed by atoms with Gasteiger partial charge in [0.25, 0.3) is 5.91 Å². The van der Waals surface area contributed by atoms with Gasteiger partial charge < -0.3 is 23.8 Å². The molecule has 0 bridgehead atoms. The minimum absolute atomic E-state index is 0.0434. The van der Waals surface area contributed by atoms with Gasteiger partial charge in [0.05, 0.1) is 18.9 Å². The van der Waals surface area contributed by atoms with Gasteiger partial charge in [0.2, 0.25) is 6.79 Å². The molecule has 1 spiro atoms. The van der Waals surface area contributed by atoms with Gasteiger partial charge in [-0.15, -0.1) is 4.40 Å². The second kappa shape index (κ2) is 6.96. The Morgan fingerprint density at radius 1 is 1.10 bits per heavy atom. The number of benzene rings is 1. The number of likely N-dealkylation sites (tertiary alicyclic amines) is 1. The largest absolute Gasteiger partial charge is 0.454 e. The number of nitrogens with zero attached hydrogens (tertiary/aromatic N) is 3. The summed E-state index contributed by atoms with van der Waals surface area (Å²) in [6.45, 7) is 2.04. The number of carbonyl (C=O) groups is 1. The standard InChI is InChI=1S/C19H21N3O7S/c1-21-15(18(23)22-6-4-19(5-7-22)28-8-9-29-19)11-14(20-30(21,24)25)13-2-3-16-17(10-13)27-12-26-16/h2-3,10-11H,4-9,12H2,1H3. The van der Waals surface area contributed by atoms with Crippen LogP contribution in [0.4, 0.5) is 0 Å². The number of carbonyl (C=O) groups excluding carboxylic acids is 1. The fourth-order valence-corrected chi connectivity index (χ4v) is 4.85. The van der Waals surface area contributed by atoms with Crippen LogP contribution >= 0.6 is 0 Å². The third-order valence-corrected chi connectivity index (χ3v) is 7.00. The lowest BCUT2D eigenvalue weighted by atomic mass is 10.0. The minimum Gasteiger partial charge on any atom is -0.454 e. The Balaban J connectivity index is 1.42. The quantitative estimate of drug-likeness (QED) is 0.671. The number of fused-ring (bicyclic) bond motifs is 1. The molecule has 1 aromatic carbocycles. The second-order valence-corrected chi connectivity index (χ2v) is 9.05. The molecular formula is C19H21N3O7S. The first-order valence-corrected chi connectivity index (χ1v) is 11.0. The highest BCUT2D eigenvalue weighted by atomic mass is 32.2. The van der Waals surface area contributed by atoms with Crippen molar-refractivity contribution in [2.24, 2.45) is 4.40 Å². The van der Waals surface area contributed by atoms with Gasteiger partial charge in [-0.25, -0.2) is 4.31 Å².